The van der Waals surface area contributed by atoms with Crippen molar-refractivity contribution in [3.8, 4) is 5.75 Å². The number of aliphatic hydroxyl groups is 1. The molecule has 5 nitrogen and oxygen atoms in total. The van der Waals surface area contributed by atoms with Gasteiger partial charge in [0, 0.05) is 19.7 Å². The second-order valence-electron chi connectivity index (χ2n) is 6.29. The lowest BCUT2D eigenvalue weighted by Gasteiger charge is -2.32. The van der Waals surface area contributed by atoms with Gasteiger partial charge in [0.05, 0.1) is 6.54 Å². The Balaban J connectivity index is 1.81. The number of carbonyl (C=O) groups is 1. The number of carbonyl (C=O) groups excluding carboxylic acids is 1. The molecule has 0 radical (unpaired) electrons. The number of aryl methyl sites for hydroxylation is 1. The van der Waals surface area contributed by atoms with E-state index in [1.54, 1.807) is 4.90 Å². The van der Waals surface area contributed by atoms with Crippen molar-refractivity contribution in [2.24, 2.45) is 5.92 Å². The topological polar surface area (TPSA) is 61.8 Å². The molecule has 0 aromatic heterocycles. The molecule has 0 unspecified atom stereocenters. The van der Waals surface area contributed by atoms with E-state index < -0.39 is 0 Å². The summed E-state index contributed by atoms with van der Waals surface area (Å²) in [5.74, 6) is 1.05. The monoisotopic (exact) mass is 320 g/mol. The van der Waals surface area contributed by atoms with Crippen LogP contribution in [0.4, 0.5) is 4.79 Å². The highest BCUT2D eigenvalue weighted by Gasteiger charge is 2.23. The van der Waals surface area contributed by atoms with Crippen LogP contribution in [0, 0.1) is 12.8 Å². The van der Waals surface area contributed by atoms with Crippen molar-refractivity contribution in [2.75, 3.05) is 26.2 Å². The molecule has 0 bridgehead atoms. The molecule has 1 aromatic carbocycles. The van der Waals surface area contributed by atoms with Crippen LogP contribution in [0.1, 0.15) is 31.7 Å². The molecular weight excluding hydrogens is 292 g/mol. The fourth-order valence-electron chi connectivity index (χ4n) is 2.86. The van der Waals surface area contributed by atoms with Crippen molar-refractivity contribution in [3.05, 3.63) is 29.8 Å². The third-order valence-corrected chi connectivity index (χ3v) is 4.29. The normalized spacial score (nSPS) is 19.3. The van der Waals surface area contributed by atoms with Gasteiger partial charge in [-0.1, -0.05) is 19.1 Å². The van der Waals surface area contributed by atoms with E-state index in [-0.39, 0.29) is 24.7 Å². The highest BCUT2D eigenvalue weighted by molar-refractivity contribution is 5.74. The van der Waals surface area contributed by atoms with Gasteiger partial charge in [-0.05, 0) is 49.8 Å². The van der Waals surface area contributed by atoms with Crippen LogP contribution in [-0.4, -0.2) is 48.4 Å². The van der Waals surface area contributed by atoms with Crippen molar-refractivity contribution >= 4 is 6.03 Å². The zero-order valence-electron chi connectivity index (χ0n) is 14.1. The quantitative estimate of drug-likeness (QED) is 0.847. The van der Waals surface area contributed by atoms with Gasteiger partial charge < -0.3 is 20.1 Å². The Morgan fingerprint density at radius 1 is 1.52 bits per heavy atom. The summed E-state index contributed by atoms with van der Waals surface area (Å²) in [5.41, 5.74) is 1.16. The van der Waals surface area contributed by atoms with E-state index in [1.807, 2.05) is 31.2 Å². The maximum atomic E-state index is 12.3. The second-order valence-corrected chi connectivity index (χ2v) is 6.29. The standard InChI is InChI=1S/C18H28N2O3/c1-3-16(23-17-8-4-6-14(2)10-17)11-19-18(22)20-9-5-7-15(12-20)13-21/h4,6,8,10,15-16,21H,3,5,7,9,11-13H2,1-2H3,(H,19,22)/t15-,16+/m0/s1. The number of hydrogen-bond donors (Lipinski definition) is 2. The second kappa shape index (κ2) is 8.77. The van der Waals surface area contributed by atoms with Gasteiger partial charge in [0.2, 0.25) is 0 Å². The molecule has 23 heavy (non-hydrogen) atoms. The number of nitrogens with zero attached hydrogens (tertiary/aromatic N) is 1. The molecule has 128 valence electrons. The minimum atomic E-state index is -0.0607. The van der Waals surface area contributed by atoms with Gasteiger partial charge in [-0.3, -0.25) is 0 Å². The van der Waals surface area contributed by atoms with E-state index >= 15 is 0 Å². The van der Waals surface area contributed by atoms with E-state index in [2.05, 4.69) is 12.2 Å². The van der Waals surface area contributed by atoms with Crippen LogP contribution in [0.2, 0.25) is 0 Å². The zero-order chi connectivity index (χ0) is 16.7. The van der Waals surface area contributed by atoms with Crippen LogP contribution in [0.15, 0.2) is 24.3 Å². The van der Waals surface area contributed by atoms with E-state index in [0.29, 0.717) is 13.1 Å². The molecule has 0 spiro atoms. The molecule has 2 N–H and O–H groups in total. The van der Waals surface area contributed by atoms with Crippen molar-refractivity contribution in [2.45, 2.75) is 39.2 Å². The third-order valence-electron chi connectivity index (χ3n) is 4.29. The molecule has 2 atom stereocenters. The molecule has 2 amide bonds. The minimum absolute atomic E-state index is 0.0424. The third kappa shape index (κ3) is 5.43. The molecule has 1 saturated heterocycles. The number of benzene rings is 1. The Morgan fingerprint density at radius 2 is 2.35 bits per heavy atom. The van der Waals surface area contributed by atoms with Gasteiger partial charge in [-0.2, -0.15) is 0 Å². The maximum Gasteiger partial charge on any atom is 0.317 e. The fraction of sp³-hybridized carbons (Fsp3) is 0.611. The molecule has 1 aliphatic rings. The zero-order valence-corrected chi connectivity index (χ0v) is 14.1. The molecule has 1 fully saturated rings. The number of rotatable bonds is 6. The molecule has 0 aliphatic carbocycles. The highest BCUT2D eigenvalue weighted by atomic mass is 16.5. The van der Waals surface area contributed by atoms with Crippen LogP contribution in [-0.2, 0) is 0 Å². The summed E-state index contributed by atoms with van der Waals surface area (Å²) in [4.78, 5) is 14.1. The lowest BCUT2D eigenvalue weighted by atomic mass is 9.99. The largest absolute Gasteiger partial charge is 0.489 e. The first kappa shape index (κ1) is 17.6. The van der Waals surface area contributed by atoms with Gasteiger partial charge in [0.1, 0.15) is 11.9 Å². The maximum absolute atomic E-state index is 12.3. The molecule has 2 rings (SSSR count). The van der Waals surface area contributed by atoms with Gasteiger partial charge in [0.25, 0.3) is 0 Å². The van der Waals surface area contributed by atoms with Crippen molar-refractivity contribution in [3.63, 3.8) is 0 Å². The van der Waals surface area contributed by atoms with E-state index in [9.17, 15) is 9.90 Å². The Labute approximate surface area is 138 Å². The Morgan fingerprint density at radius 3 is 3.04 bits per heavy atom. The predicted molar refractivity (Wildman–Crippen MR) is 90.7 cm³/mol. The number of nitrogens with one attached hydrogen (secondary N) is 1. The predicted octanol–water partition coefficient (Wildman–Crippen LogP) is 2.57. The van der Waals surface area contributed by atoms with Gasteiger partial charge in [-0.25, -0.2) is 4.79 Å². The van der Waals surface area contributed by atoms with E-state index in [0.717, 1.165) is 37.1 Å². The summed E-state index contributed by atoms with van der Waals surface area (Å²) in [6.07, 6.45) is 2.73. The number of urea groups is 1. The number of likely N-dealkylation sites (tertiary alicyclic amines) is 1. The van der Waals surface area contributed by atoms with Gasteiger partial charge in [0.15, 0.2) is 0 Å². The van der Waals surface area contributed by atoms with Crippen molar-refractivity contribution in [1.29, 1.82) is 0 Å². The van der Waals surface area contributed by atoms with E-state index in [1.165, 1.54) is 0 Å². The number of hydrogen-bond acceptors (Lipinski definition) is 3. The molecular formula is C18H28N2O3. The van der Waals surface area contributed by atoms with E-state index in [4.69, 9.17) is 4.74 Å². The lowest BCUT2D eigenvalue weighted by molar-refractivity contribution is 0.125. The van der Waals surface area contributed by atoms with Crippen LogP contribution >= 0.6 is 0 Å². The number of ether oxygens (including phenoxy) is 1. The van der Waals surface area contributed by atoms with Crippen LogP contribution < -0.4 is 10.1 Å². The Kier molecular flexibility index (Phi) is 6.71. The molecule has 1 heterocycles. The number of piperidine rings is 1. The van der Waals surface area contributed by atoms with Gasteiger partial charge >= 0.3 is 6.03 Å². The Bertz CT molecular complexity index is 507. The first-order valence-corrected chi connectivity index (χ1v) is 8.49. The summed E-state index contributed by atoms with van der Waals surface area (Å²) < 4.78 is 5.95. The van der Waals surface area contributed by atoms with Crippen molar-refractivity contribution < 1.29 is 14.6 Å². The summed E-state index contributed by atoms with van der Waals surface area (Å²) in [5, 5.41) is 12.2. The summed E-state index contributed by atoms with van der Waals surface area (Å²) in [6, 6.07) is 7.88. The first-order chi connectivity index (χ1) is 11.1. The number of aliphatic hydroxyl groups excluding tert-OH is 1. The van der Waals surface area contributed by atoms with Gasteiger partial charge in [-0.15, -0.1) is 0 Å². The van der Waals surface area contributed by atoms with Crippen molar-refractivity contribution in [1.82, 2.24) is 10.2 Å². The summed E-state index contributed by atoms with van der Waals surface area (Å²) in [7, 11) is 0. The average Bonchev–Trinajstić information content (AvgIpc) is 2.58. The first-order valence-electron chi connectivity index (χ1n) is 8.49. The minimum Gasteiger partial charge on any atom is -0.489 e. The molecule has 5 heteroatoms. The average molecular weight is 320 g/mol. The summed E-state index contributed by atoms with van der Waals surface area (Å²) >= 11 is 0. The Hall–Kier alpha value is -1.75. The SMILES string of the molecule is CC[C@H](CNC(=O)N1CCC[C@H](CO)C1)Oc1cccc(C)c1. The lowest BCUT2D eigenvalue weighted by Crippen LogP contribution is -2.48. The fourth-order valence-corrected chi connectivity index (χ4v) is 2.86. The van der Waals surface area contributed by atoms with Crippen LogP contribution in [0.25, 0.3) is 0 Å². The smallest absolute Gasteiger partial charge is 0.317 e. The summed E-state index contributed by atoms with van der Waals surface area (Å²) in [6.45, 7) is 6.12. The molecule has 1 aromatic rings. The number of amides is 2. The van der Waals surface area contributed by atoms with Crippen LogP contribution in [0.5, 0.6) is 5.75 Å². The van der Waals surface area contributed by atoms with Crippen LogP contribution in [0.3, 0.4) is 0 Å². The molecule has 0 saturated carbocycles. The highest BCUT2D eigenvalue weighted by Crippen LogP contribution is 2.17. The molecule has 1 aliphatic heterocycles.